The Morgan fingerprint density at radius 3 is 2.76 bits per heavy atom. The number of hydrogen-bond donors (Lipinski definition) is 1. The van der Waals surface area contributed by atoms with Crippen LogP contribution in [0.4, 0.5) is 4.39 Å². The molecule has 2 nitrogen and oxygen atoms in total. The third kappa shape index (κ3) is 4.29. The van der Waals surface area contributed by atoms with Crippen molar-refractivity contribution in [2.75, 3.05) is 0 Å². The molecule has 2 aromatic rings. The van der Waals surface area contributed by atoms with Gasteiger partial charge in [-0.1, -0.05) is 17.7 Å². The van der Waals surface area contributed by atoms with Crippen LogP contribution in [-0.4, -0.2) is 5.91 Å². The summed E-state index contributed by atoms with van der Waals surface area (Å²) in [5.74, 6) is -0.435. The maximum absolute atomic E-state index is 13.1. The number of amides is 1. The van der Waals surface area contributed by atoms with Crippen LogP contribution in [0.25, 0.3) is 0 Å². The molecule has 1 N–H and O–H groups in total. The molecular weight excluding hydrogens is 309 g/mol. The minimum atomic E-state index is -0.642. The Labute approximate surface area is 132 Å². The van der Waals surface area contributed by atoms with Crippen LogP contribution in [0.5, 0.6) is 0 Å². The Morgan fingerprint density at radius 2 is 2.14 bits per heavy atom. The molecule has 0 spiro atoms. The van der Waals surface area contributed by atoms with Gasteiger partial charge in [0.1, 0.15) is 5.82 Å². The van der Waals surface area contributed by atoms with E-state index >= 15 is 0 Å². The first-order valence-corrected chi connectivity index (χ1v) is 7.98. The molecule has 5 heteroatoms. The van der Waals surface area contributed by atoms with Gasteiger partial charge >= 0.3 is 0 Å². The van der Waals surface area contributed by atoms with Crippen molar-refractivity contribution in [3.63, 3.8) is 0 Å². The van der Waals surface area contributed by atoms with E-state index in [-0.39, 0.29) is 11.7 Å². The average Bonchev–Trinajstić information content (AvgIpc) is 2.88. The fourth-order valence-corrected chi connectivity index (χ4v) is 3.27. The number of halogens is 2. The van der Waals surface area contributed by atoms with E-state index in [1.807, 2.05) is 30.7 Å². The Hall–Kier alpha value is -1.39. The number of hydrogen-bond acceptors (Lipinski definition) is 2. The Balaban J connectivity index is 2.00. The lowest BCUT2D eigenvalue weighted by molar-refractivity contribution is -0.122. The number of thiophene rings is 1. The fourth-order valence-electron chi connectivity index (χ4n) is 2.17. The minimum absolute atomic E-state index is 0.0495. The standard InChI is InChI=1S/C16H17ClFNOS/c1-16(2,13-5-4-12(18)9-14(13)17)19-15(20)6-3-11-7-8-21-10-11/h4-5,7-10H,3,6H2,1-2H3,(H,19,20). The summed E-state index contributed by atoms with van der Waals surface area (Å²) in [6, 6.07) is 6.23. The van der Waals surface area contributed by atoms with Crippen LogP contribution in [0.1, 0.15) is 31.4 Å². The summed E-state index contributed by atoms with van der Waals surface area (Å²) in [6.45, 7) is 3.71. The van der Waals surface area contributed by atoms with Crippen LogP contribution in [0.15, 0.2) is 35.0 Å². The quantitative estimate of drug-likeness (QED) is 0.860. The third-order valence-corrected chi connectivity index (χ3v) is 4.32. The van der Waals surface area contributed by atoms with E-state index in [2.05, 4.69) is 5.32 Å². The predicted octanol–water partition coefficient (Wildman–Crippen LogP) is 4.52. The van der Waals surface area contributed by atoms with Crippen molar-refractivity contribution < 1.29 is 9.18 Å². The largest absolute Gasteiger partial charge is 0.347 e. The highest BCUT2D eigenvalue weighted by Gasteiger charge is 2.25. The fraction of sp³-hybridized carbons (Fsp3) is 0.312. The molecule has 1 amide bonds. The summed E-state index contributed by atoms with van der Waals surface area (Å²) < 4.78 is 13.1. The molecule has 1 aromatic heterocycles. The van der Waals surface area contributed by atoms with Gasteiger partial charge in [0.05, 0.1) is 5.54 Å². The van der Waals surface area contributed by atoms with Crippen LogP contribution in [0, 0.1) is 5.82 Å². The molecule has 112 valence electrons. The Bertz CT molecular complexity index is 625. The number of nitrogens with one attached hydrogen (secondary N) is 1. The lowest BCUT2D eigenvalue weighted by atomic mass is 9.93. The van der Waals surface area contributed by atoms with Crippen LogP contribution in [0.3, 0.4) is 0 Å². The highest BCUT2D eigenvalue weighted by atomic mass is 35.5. The second-order valence-corrected chi connectivity index (χ2v) is 6.62. The van der Waals surface area contributed by atoms with Gasteiger partial charge in [0.25, 0.3) is 0 Å². The first-order chi connectivity index (χ1) is 9.88. The van der Waals surface area contributed by atoms with Crippen molar-refractivity contribution in [1.29, 1.82) is 0 Å². The molecule has 21 heavy (non-hydrogen) atoms. The van der Waals surface area contributed by atoms with Gasteiger partial charge in [-0.05, 0) is 60.4 Å². The zero-order chi connectivity index (χ0) is 15.5. The van der Waals surface area contributed by atoms with Gasteiger partial charge in [-0.2, -0.15) is 11.3 Å². The molecule has 2 rings (SSSR count). The molecular formula is C16H17ClFNOS. The second kappa shape index (κ2) is 6.58. The highest BCUT2D eigenvalue weighted by molar-refractivity contribution is 7.07. The second-order valence-electron chi connectivity index (χ2n) is 5.43. The summed E-state index contributed by atoms with van der Waals surface area (Å²) in [7, 11) is 0. The number of rotatable bonds is 5. The molecule has 0 aliphatic rings. The molecule has 0 aliphatic heterocycles. The van der Waals surface area contributed by atoms with Gasteiger partial charge < -0.3 is 5.32 Å². The average molecular weight is 326 g/mol. The van der Waals surface area contributed by atoms with Gasteiger partial charge in [0, 0.05) is 11.4 Å². The summed E-state index contributed by atoms with van der Waals surface area (Å²) in [6.07, 6.45) is 1.13. The molecule has 0 radical (unpaired) electrons. The summed E-state index contributed by atoms with van der Waals surface area (Å²) in [4.78, 5) is 12.1. The molecule has 0 aliphatic carbocycles. The number of benzene rings is 1. The summed E-state index contributed by atoms with van der Waals surface area (Å²) in [5, 5.41) is 7.30. The smallest absolute Gasteiger partial charge is 0.221 e. The SMILES string of the molecule is CC(C)(NC(=O)CCc1ccsc1)c1ccc(F)cc1Cl. The van der Waals surface area contributed by atoms with E-state index in [1.165, 1.54) is 12.1 Å². The molecule has 0 unspecified atom stereocenters. The van der Waals surface area contributed by atoms with E-state index in [4.69, 9.17) is 11.6 Å². The van der Waals surface area contributed by atoms with Crippen molar-refractivity contribution in [3.8, 4) is 0 Å². The normalized spacial score (nSPS) is 11.4. The van der Waals surface area contributed by atoms with Crippen LogP contribution >= 0.6 is 22.9 Å². The van der Waals surface area contributed by atoms with Gasteiger partial charge in [0.2, 0.25) is 5.91 Å². The summed E-state index contributed by atoms with van der Waals surface area (Å²) in [5.41, 5.74) is 1.22. The molecule has 0 atom stereocenters. The van der Waals surface area contributed by atoms with Crippen LogP contribution in [-0.2, 0) is 16.8 Å². The maximum Gasteiger partial charge on any atom is 0.221 e. The molecule has 0 saturated heterocycles. The van der Waals surface area contributed by atoms with Crippen molar-refractivity contribution in [2.24, 2.45) is 0 Å². The molecule has 0 saturated carbocycles. The van der Waals surface area contributed by atoms with E-state index in [1.54, 1.807) is 17.4 Å². The molecule has 0 fully saturated rings. The van der Waals surface area contributed by atoms with Crippen molar-refractivity contribution in [2.45, 2.75) is 32.2 Å². The van der Waals surface area contributed by atoms with Crippen molar-refractivity contribution >= 4 is 28.8 Å². The van der Waals surface area contributed by atoms with Crippen molar-refractivity contribution in [1.82, 2.24) is 5.32 Å². The van der Waals surface area contributed by atoms with Gasteiger partial charge in [-0.15, -0.1) is 0 Å². The number of carbonyl (C=O) groups is 1. The van der Waals surface area contributed by atoms with E-state index in [0.29, 0.717) is 23.4 Å². The topological polar surface area (TPSA) is 29.1 Å². The molecule has 0 bridgehead atoms. The van der Waals surface area contributed by atoms with Crippen molar-refractivity contribution in [3.05, 3.63) is 57.0 Å². The number of carbonyl (C=O) groups excluding carboxylic acids is 1. The zero-order valence-electron chi connectivity index (χ0n) is 12.0. The minimum Gasteiger partial charge on any atom is -0.347 e. The summed E-state index contributed by atoms with van der Waals surface area (Å²) >= 11 is 7.69. The lowest BCUT2D eigenvalue weighted by Gasteiger charge is -2.28. The first kappa shape index (κ1) is 16.0. The molecule has 1 heterocycles. The molecule has 1 aromatic carbocycles. The van der Waals surface area contributed by atoms with Gasteiger partial charge in [-0.3, -0.25) is 4.79 Å². The number of aryl methyl sites for hydroxylation is 1. The first-order valence-electron chi connectivity index (χ1n) is 6.66. The highest BCUT2D eigenvalue weighted by Crippen LogP contribution is 2.28. The van der Waals surface area contributed by atoms with Crippen LogP contribution in [0.2, 0.25) is 5.02 Å². The van der Waals surface area contributed by atoms with Gasteiger partial charge in [-0.25, -0.2) is 4.39 Å². The van der Waals surface area contributed by atoms with E-state index in [9.17, 15) is 9.18 Å². The van der Waals surface area contributed by atoms with Crippen LogP contribution < -0.4 is 5.32 Å². The maximum atomic E-state index is 13.1. The monoisotopic (exact) mass is 325 g/mol. The Morgan fingerprint density at radius 1 is 1.38 bits per heavy atom. The van der Waals surface area contributed by atoms with E-state index in [0.717, 1.165) is 5.56 Å². The van der Waals surface area contributed by atoms with Gasteiger partial charge in [0.15, 0.2) is 0 Å². The third-order valence-electron chi connectivity index (χ3n) is 3.28. The zero-order valence-corrected chi connectivity index (χ0v) is 13.5. The predicted molar refractivity (Wildman–Crippen MR) is 85.2 cm³/mol. The Kier molecular flexibility index (Phi) is 5.01. The lowest BCUT2D eigenvalue weighted by Crippen LogP contribution is -2.41. The van der Waals surface area contributed by atoms with E-state index < -0.39 is 5.54 Å².